The first kappa shape index (κ1) is 16.0. The fourth-order valence-corrected chi connectivity index (χ4v) is 2.44. The highest BCUT2D eigenvalue weighted by Gasteiger charge is 2.06. The summed E-state index contributed by atoms with van der Waals surface area (Å²) in [4.78, 5) is 0. The molecular formula is C18H22ClNO. The van der Waals surface area contributed by atoms with Crippen LogP contribution in [0, 0.1) is 6.92 Å². The summed E-state index contributed by atoms with van der Waals surface area (Å²) in [6.45, 7) is 3.54. The van der Waals surface area contributed by atoms with Crippen molar-refractivity contribution >= 4 is 11.6 Å². The number of nitrogens with one attached hydrogen (secondary N) is 1. The van der Waals surface area contributed by atoms with Crippen LogP contribution in [-0.4, -0.2) is 18.2 Å². The first-order chi connectivity index (χ1) is 10.1. The van der Waals surface area contributed by atoms with E-state index in [4.69, 9.17) is 11.6 Å². The van der Waals surface area contributed by atoms with E-state index in [1.54, 1.807) is 6.07 Å². The number of hydrogen-bond donors (Lipinski definition) is 2. The van der Waals surface area contributed by atoms with Gasteiger partial charge in [-0.3, -0.25) is 0 Å². The van der Waals surface area contributed by atoms with Crippen LogP contribution in [0.2, 0.25) is 5.02 Å². The number of aliphatic hydroxyl groups is 1. The summed E-state index contributed by atoms with van der Waals surface area (Å²) < 4.78 is 0. The fraction of sp³-hybridized carbons (Fsp3) is 0.333. The van der Waals surface area contributed by atoms with E-state index in [0.29, 0.717) is 11.6 Å². The molecule has 0 saturated heterocycles. The number of rotatable bonds is 7. The molecule has 0 aromatic heterocycles. The molecule has 0 amide bonds. The van der Waals surface area contributed by atoms with Gasteiger partial charge in [0.15, 0.2) is 0 Å². The molecule has 0 radical (unpaired) electrons. The van der Waals surface area contributed by atoms with E-state index in [-0.39, 0.29) is 0 Å². The van der Waals surface area contributed by atoms with Crippen molar-refractivity contribution in [2.45, 2.75) is 25.9 Å². The Morgan fingerprint density at radius 2 is 1.90 bits per heavy atom. The van der Waals surface area contributed by atoms with Gasteiger partial charge in [-0.2, -0.15) is 0 Å². The van der Waals surface area contributed by atoms with Crippen molar-refractivity contribution in [3.63, 3.8) is 0 Å². The third-order valence-corrected chi connectivity index (χ3v) is 3.75. The highest BCUT2D eigenvalue weighted by molar-refractivity contribution is 6.30. The van der Waals surface area contributed by atoms with E-state index in [1.165, 1.54) is 11.1 Å². The molecule has 0 spiro atoms. The molecule has 2 nitrogen and oxygen atoms in total. The second-order valence-corrected chi connectivity index (χ2v) is 5.80. The smallest absolute Gasteiger partial charge is 0.0914 e. The molecule has 112 valence electrons. The maximum atomic E-state index is 10.1. The lowest BCUT2D eigenvalue weighted by atomic mass is 10.1. The van der Waals surface area contributed by atoms with Crippen molar-refractivity contribution in [1.82, 2.24) is 5.32 Å². The number of hydrogen-bond acceptors (Lipinski definition) is 2. The Kier molecular flexibility index (Phi) is 6.24. The van der Waals surface area contributed by atoms with Gasteiger partial charge in [0.05, 0.1) is 6.10 Å². The van der Waals surface area contributed by atoms with E-state index in [1.807, 2.05) is 18.2 Å². The average molecular weight is 304 g/mol. The average Bonchev–Trinajstić information content (AvgIpc) is 2.48. The standard InChI is InChI=1S/C18H22ClNO/c1-14-7-9-15(10-8-14)4-3-11-20-13-18(21)16-5-2-6-17(19)12-16/h2,5-10,12,18,20-21H,3-4,11,13H2,1H3. The normalized spacial score (nSPS) is 12.3. The van der Waals surface area contributed by atoms with Crippen molar-refractivity contribution in [2.75, 3.05) is 13.1 Å². The van der Waals surface area contributed by atoms with Gasteiger partial charge in [-0.05, 0) is 49.6 Å². The van der Waals surface area contributed by atoms with Gasteiger partial charge in [-0.15, -0.1) is 0 Å². The molecule has 1 atom stereocenters. The number of halogens is 1. The van der Waals surface area contributed by atoms with Gasteiger partial charge in [0.1, 0.15) is 0 Å². The maximum Gasteiger partial charge on any atom is 0.0914 e. The topological polar surface area (TPSA) is 32.3 Å². The van der Waals surface area contributed by atoms with Crippen LogP contribution in [0.3, 0.4) is 0 Å². The molecule has 0 bridgehead atoms. The lowest BCUT2D eigenvalue weighted by molar-refractivity contribution is 0.175. The van der Waals surface area contributed by atoms with E-state index >= 15 is 0 Å². The van der Waals surface area contributed by atoms with Gasteiger partial charge in [0.25, 0.3) is 0 Å². The monoisotopic (exact) mass is 303 g/mol. The van der Waals surface area contributed by atoms with E-state index in [0.717, 1.165) is 24.9 Å². The molecule has 0 aliphatic carbocycles. The molecule has 0 saturated carbocycles. The molecule has 2 rings (SSSR count). The van der Waals surface area contributed by atoms with Crippen molar-refractivity contribution < 1.29 is 5.11 Å². The molecule has 2 aromatic rings. The van der Waals surface area contributed by atoms with Crippen LogP contribution < -0.4 is 5.32 Å². The van der Waals surface area contributed by atoms with Crippen LogP contribution >= 0.6 is 11.6 Å². The summed E-state index contributed by atoms with van der Waals surface area (Å²) in [6.07, 6.45) is 1.61. The number of aliphatic hydroxyl groups excluding tert-OH is 1. The third-order valence-electron chi connectivity index (χ3n) is 3.51. The van der Waals surface area contributed by atoms with E-state index < -0.39 is 6.10 Å². The highest BCUT2D eigenvalue weighted by Crippen LogP contribution is 2.17. The predicted molar refractivity (Wildman–Crippen MR) is 88.8 cm³/mol. The van der Waals surface area contributed by atoms with Crippen LogP contribution in [0.5, 0.6) is 0 Å². The summed E-state index contributed by atoms with van der Waals surface area (Å²) in [5.41, 5.74) is 3.51. The SMILES string of the molecule is Cc1ccc(CCCNCC(O)c2cccc(Cl)c2)cc1. The Labute approximate surface area is 131 Å². The van der Waals surface area contributed by atoms with Crippen LogP contribution in [-0.2, 0) is 6.42 Å². The predicted octanol–water partition coefficient (Wildman–Crippen LogP) is 3.90. The fourth-order valence-electron chi connectivity index (χ4n) is 2.24. The molecule has 0 heterocycles. The minimum atomic E-state index is -0.511. The van der Waals surface area contributed by atoms with Gasteiger partial charge >= 0.3 is 0 Å². The van der Waals surface area contributed by atoms with Crippen molar-refractivity contribution in [1.29, 1.82) is 0 Å². The molecule has 0 aliphatic heterocycles. The molecule has 1 unspecified atom stereocenters. The second kappa shape index (κ2) is 8.18. The summed E-state index contributed by atoms with van der Waals surface area (Å²) in [7, 11) is 0. The molecular weight excluding hydrogens is 282 g/mol. The number of aryl methyl sites for hydroxylation is 2. The van der Waals surface area contributed by atoms with E-state index in [2.05, 4.69) is 36.5 Å². The molecule has 3 heteroatoms. The number of benzene rings is 2. The zero-order valence-corrected chi connectivity index (χ0v) is 13.1. The Balaban J connectivity index is 1.66. The quantitative estimate of drug-likeness (QED) is 0.760. The van der Waals surface area contributed by atoms with Crippen LogP contribution in [0.25, 0.3) is 0 Å². The molecule has 21 heavy (non-hydrogen) atoms. The van der Waals surface area contributed by atoms with Crippen molar-refractivity contribution in [2.24, 2.45) is 0 Å². The first-order valence-electron chi connectivity index (χ1n) is 7.35. The second-order valence-electron chi connectivity index (χ2n) is 5.36. The van der Waals surface area contributed by atoms with Crippen LogP contribution in [0.15, 0.2) is 48.5 Å². The van der Waals surface area contributed by atoms with Gasteiger partial charge in [0.2, 0.25) is 0 Å². The lowest BCUT2D eigenvalue weighted by Crippen LogP contribution is -2.22. The van der Waals surface area contributed by atoms with Crippen molar-refractivity contribution in [3.8, 4) is 0 Å². The summed E-state index contributed by atoms with van der Waals surface area (Å²) in [5, 5.41) is 14.0. The minimum absolute atomic E-state index is 0.511. The Hall–Kier alpha value is -1.35. The molecule has 0 fully saturated rings. The van der Waals surface area contributed by atoms with Crippen LogP contribution in [0.1, 0.15) is 29.2 Å². The Bertz CT molecular complexity index is 553. The van der Waals surface area contributed by atoms with E-state index in [9.17, 15) is 5.11 Å². The third kappa shape index (κ3) is 5.50. The zero-order chi connectivity index (χ0) is 15.1. The van der Waals surface area contributed by atoms with Gasteiger partial charge in [0, 0.05) is 11.6 Å². The highest BCUT2D eigenvalue weighted by atomic mass is 35.5. The van der Waals surface area contributed by atoms with Gasteiger partial charge < -0.3 is 10.4 Å². The summed E-state index contributed by atoms with van der Waals surface area (Å²) >= 11 is 5.92. The Morgan fingerprint density at radius 1 is 1.14 bits per heavy atom. The molecule has 2 N–H and O–H groups in total. The summed E-state index contributed by atoms with van der Waals surface area (Å²) in [6, 6.07) is 16.0. The van der Waals surface area contributed by atoms with Crippen molar-refractivity contribution in [3.05, 3.63) is 70.2 Å². The lowest BCUT2D eigenvalue weighted by Gasteiger charge is -2.12. The van der Waals surface area contributed by atoms with Crippen LogP contribution in [0.4, 0.5) is 0 Å². The molecule has 2 aromatic carbocycles. The maximum absolute atomic E-state index is 10.1. The van der Waals surface area contributed by atoms with Gasteiger partial charge in [-0.25, -0.2) is 0 Å². The zero-order valence-electron chi connectivity index (χ0n) is 12.3. The summed E-state index contributed by atoms with van der Waals surface area (Å²) in [5.74, 6) is 0. The minimum Gasteiger partial charge on any atom is -0.387 e. The van der Waals surface area contributed by atoms with Gasteiger partial charge in [-0.1, -0.05) is 53.6 Å². The molecule has 0 aliphatic rings. The largest absolute Gasteiger partial charge is 0.387 e. The Morgan fingerprint density at radius 3 is 2.62 bits per heavy atom. The first-order valence-corrected chi connectivity index (χ1v) is 7.73.